The summed E-state index contributed by atoms with van der Waals surface area (Å²) in [6.45, 7) is 3.84. The SMILES string of the molecule is CCOC(=O)c1c(NC(=S)Nc2ccc(C(F)(F)F)cc2)sc(C)c1-c1ccccc1. The molecular formula is C22H19F3N2O2S2. The molecule has 0 spiro atoms. The second-order valence-corrected chi connectivity index (χ2v) is 8.11. The lowest BCUT2D eigenvalue weighted by Gasteiger charge is -2.13. The summed E-state index contributed by atoms with van der Waals surface area (Å²) in [6.07, 6.45) is -4.41. The molecule has 31 heavy (non-hydrogen) atoms. The molecule has 0 fully saturated rings. The lowest BCUT2D eigenvalue weighted by Crippen LogP contribution is -2.20. The Morgan fingerprint density at radius 2 is 1.71 bits per heavy atom. The lowest BCUT2D eigenvalue weighted by molar-refractivity contribution is -0.137. The van der Waals surface area contributed by atoms with Crippen LogP contribution in [0, 0.1) is 6.92 Å². The van der Waals surface area contributed by atoms with E-state index in [1.54, 1.807) is 6.92 Å². The van der Waals surface area contributed by atoms with Crippen molar-refractivity contribution in [1.29, 1.82) is 0 Å². The van der Waals surface area contributed by atoms with Gasteiger partial charge >= 0.3 is 12.1 Å². The molecule has 0 amide bonds. The second-order valence-electron chi connectivity index (χ2n) is 6.48. The van der Waals surface area contributed by atoms with E-state index in [0.717, 1.165) is 28.1 Å². The van der Waals surface area contributed by atoms with E-state index < -0.39 is 17.7 Å². The molecule has 0 aliphatic heterocycles. The number of carbonyl (C=O) groups excluding carboxylic acids is 1. The van der Waals surface area contributed by atoms with Gasteiger partial charge in [0.15, 0.2) is 5.11 Å². The van der Waals surface area contributed by atoms with Crippen molar-refractivity contribution >= 4 is 45.3 Å². The van der Waals surface area contributed by atoms with Crippen molar-refractivity contribution < 1.29 is 22.7 Å². The van der Waals surface area contributed by atoms with Gasteiger partial charge in [-0.15, -0.1) is 11.3 Å². The molecule has 0 aliphatic carbocycles. The van der Waals surface area contributed by atoms with Gasteiger partial charge in [0.2, 0.25) is 0 Å². The van der Waals surface area contributed by atoms with E-state index in [4.69, 9.17) is 17.0 Å². The number of alkyl halides is 3. The van der Waals surface area contributed by atoms with E-state index in [1.807, 2.05) is 37.3 Å². The van der Waals surface area contributed by atoms with Crippen LogP contribution in [-0.2, 0) is 10.9 Å². The zero-order valence-electron chi connectivity index (χ0n) is 16.7. The lowest BCUT2D eigenvalue weighted by atomic mass is 10.0. The van der Waals surface area contributed by atoms with Gasteiger partial charge < -0.3 is 15.4 Å². The Balaban J connectivity index is 1.87. The molecule has 2 N–H and O–H groups in total. The molecule has 0 aliphatic rings. The van der Waals surface area contributed by atoms with Crippen molar-refractivity contribution in [2.24, 2.45) is 0 Å². The highest BCUT2D eigenvalue weighted by Crippen LogP contribution is 2.40. The first-order valence-electron chi connectivity index (χ1n) is 9.32. The Kier molecular flexibility index (Phi) is 6.97. The predicted molar refractivity (Wildman–Crippen MR) is 122 cm³/mol. The maximum absolute atomic E-state index is 12.7. The number of rotatable bonds is 5. The minimum Gasteiger partial charge on any atom is -0.462 e. The average Bonchev–Trinajstić information content (AvgIpc) is 3.04. The van der Waals surface area contributed by atoms with Crippen molar-refractivity contribution in [2.45, 2.75) is 20.0 Å². The molecule has 3 aromatic rings. The Morgan fingerprint density at radius 1 is 1.06 bits per heavy atom. The zero-order chi connectivity index (χ0) is 22.6. The van der Waals surface area contributed by atoms with Crippen LogP contribution >= 0.6 is 23.6 Å². The van der Waals surface area contributed by atoms with Crippen molar-refractivity contribution in [2.75, 3.05) is 17.2 Å². The molecular weight excluding hydrogens is 445 g/mol. The largest absolute Gasteiger partial charge is 0.462 e. The number of carbonyl (C=O) groups is 1. The van der Waals surface area contributed by atoms with E-state index in [-0.39, 0.29) is 11.7 Å². The number of hydrogen-bond donors (Lipinski definition) is 2. The number of thiocarbonyl (C=S) groups is 1. The van der Waals surface area contributed by atoms with Crippen LogP contribution in [0.1, 0.15) is 27.7 Å². The minimum atomic E-state index is -4.41. The summed E-state index contributed by atoms with van der Waals surface area (Å²) in [5.41, 5.74) is 1.63. The molecule has 9 heteroatoms. The summed E-state index contributed by atoms with van der Waals surface area (Å²) in [4.78, 5) is 13.6. The average molecular weight is 465 g/mol. The maximum Gasteiger partial charge on any atom is 0.416 e. The summed E-state index contributed by atoms with van der Waals surface area (Å²) in [6, 6.07) is 14.0. The van der Waals surface area contributed by atoms with E-state index in [1.165, 1.54) is 23.5 Å². The van der Waals surface area contributed by atoms with Gasteiger partial charge in [0, 0.05) is 16.1 Å². The van der Waals surface area contributed by atoms with Crippen LogP contribution in [0.5, 0.6) is 0 Å². The molecule has 0 saturated heterocycles. The number of ether oxygens (including phenoxy) is 1. The third-order valence-electron chi connectivity index (χ3n) is 4.32. The highest BCUT2D eigenvalue weighted by molar-refractivity contribution is 7.80. The summed E-state index contributed by atoms with van der Waals surface area (Å²) in [5, 5.41) is 6.48. The summed E-state index contributed by atoms with van der Waals surface area (Å²) < 4.78 is 43.4. The first-order chi connectivity index (χ1) is 14.7. The monoisotopic (exact) mass is 464 g/mol. The first kappa shape index (κ1) is 22.8. The first-order valence-corrected chi connectivity index (χ1v) is 10.5. The zero-order valence-corrected chi connectivity index (χ0v) is 18.3. The maximum atomic E-state index is 12.7. The van der Waals surface area contributed by atoms with Crippen LogP contribution in [0.3, 0.4) is 0 Å². The number of hydrogen-bond acceptors (Lipinski definition) is 4. The van der Waals surface area contributed by atoms with Gasteiger partial charge in [-0.2, -0.15) is 13.2 Å². The van der Waals surface area contributed by atoms with E-state index >= 15 is 0 Å². The quantitative estimate of drug-likeness (QED) is 0.324. The number of esters is 1. The van der Waals surface area contributed by atoms with Crippen LogP contribution in [0.15, 0.2) is 54.6 Å². The fourth-order valence-electron chi connectivity index (χ4n) is 2.99. The van der Waals surface area contributed by atoms with Crippen molar-refractivity contribution in [1.82, 2.24) is 0 Å². The van der Waals surface area contributed by atoms with Crippen LogP contribution in [0.4, 0.5) is 23.9 Å². The highest BCUT2D eigenvalue weighted by Gasteiger charge is 2.30. The molecule has 1 heterocycles. The van der Waals surface area contributed by atoms with E-state index in [0.29, 0.717) is 16.3 Å². The number of aryl methyl sites for hydroxylation is 1. The molecule has 2 aromatic carbocycles. The fourth-order valence-corrected chi connectivity index (χ4v) is 4.34. The number of benzene rings is 2. The van der Waals surface area contributed by atoms with Gasteiger partial charge in [-0.3, -0.25) is 0 Å². The standard InChI is InChI=1S/C22H19F3N2O2S2/c1-3-29-20(28)18-17(14-7-5-4-6-8-14)13(2)31-19(18)27-21(30)26-16-11-9-15(10-12-16)22(23,24)25/h4-12H,3H2,1-2H3,(H2,26,27,30). The highest BCUT2D eigenvalue weighted by atomic mass is 32.1. The number of thiophene rings is 1. The van der Waals surface area contributed by atoms with Gasteiger partial charge in [-0.25, -0.2) is 4.79 Å². The number of anilines is 2. The van der Waals surface area contributed by atoms with Crippen LogP contribution in [0.25, 0.3) is 11.1 Å². The topological polar surface area (TPSA) is 50.4 Å². The van der Waals surface area contributed by atoms with Crippen LogP contribution in [0.2, 0.25) is 0 Å². The van der Waals surface area contributed by atoms with Crippen molar-refractivity contribution in [3.8, 4) is 11.1 Å². The summed E-state index contributed by atoms with van der Waals surface area (Å²) in [7, 11) is 0. The number of nitrogens with one attached hydrogen (secondary N) is 2. The molecule has 3 rings (SSSR count). The third kappa shape index (κ3) is 5.42. The van der Waals surface area contributed by atoms with E-state index in [9.17, 15) is 18.0 Å². The Hall–Kier alpha value is -2.91. The van der Waals surface area contributed by atoms with Gasteiger partial charge in [0.1, 0.15) is 10.6 Å². The Morgan fingerprint density at radius 3 is 2.29 bits per heavy atom. The van der Waals surface area contributed by atoms with Crippen molar-refractivity contribution in [3.63, 3.8) is 0 Å². The smallest absolute Gasteiger partial charge is 0.416 e. The van der Waals surface area contributed by atoms with Crippen LogP contribution < -0.4 is 10.6 Å². The Bertz CT molecular complexity index is 1080. The van der Waals surface area contributed by atoms with Crippen LogP contribution in [-0.4, -0.2) is 17.7 Å². The molecule has 0 atom stereocenters. The molecule has 0 radical (unpaired) electrons. The molecule has 0 saturated carbocycles. The number of halogens is 3. The normalized spacial score (nSPS) is 11.1. The van der Waals surface area contributed by atoms with Gasteiger partial charge in [0.05, 0.1) is 12.2 Å². The minimum absolute atomic E-state index is 0.145. The molecule has 0 unspecified atom stereocenters. The summed E-state index contributed by atoms with van der Waals surface area (Å²) in [5.74, 6) is -0.481. The van der Waals surface area contributed by atoms with Crippen molar-refractivity contribution in [3.05, 3.63) is 70.6 Å². The van der Waals surface area contributed by atoms with Gasteiger partial charge in [-0.05, 0) is 55.9 Å². The van der Waals surface area contributed by atoms with Gasteiger partial charge in [0.25, 0.3) is 0 Å². The summed E-state index contributed by atoms with van der Waals surface area (Å²) >= 11 is 6.66. The second kappa shape index (κ2) is 9.49. The molecule has 1 aromatic heterocycles. The molecule has 0 bridgehead atoms. The fraction of sp³-hybridized carbons (Fsp3) is 0.182. The third-order valence-corrected chi connectivity index (χ3v) is 5.55. The molecule has 162 valence electrons. The predicted octanol–water partition coefficient (Wildman–Crippen LogP) is 6.73. The van der Waals surface area contributed by atoms with E-state index in [2.05, 4.69) is 10.6 Å². The van der Waals surface area contributed by atoms with Gasteiger partial charge in [-0.1, -0.05) is 30.3 Å². The Labute approximate surface area is 187 Å². The molecule has 4 nitrogen and oxygen atoms in total.